The van der Waals surface area contributed by atoms with E-state index in [4.69, 9.17) is 4.74 Å². The van der Waals surface area contributed by atoms with Crippen molar-refractivity contribution in [3.05, 3.63) is 0 Å². The minimum absolute atomic E-state index is 0.621. The smallest absolute Gasteiger partial charge is 0.305 e. The van der Waals surface area contributed by atoms with Gasteiger partial charge in [-0.2, -0.15) is 0 Å². The van der Waals surface area contributed by atoms with Gasteiger partial charge in [-0.3, -0.25) is 4.79 Å². The topological polar surface area (TPSA) is 96.2 Å². The quantitative estimate of drug-likeness (QED) is 0.446. The van der Waals surface area contributed by atoms with Gasteiger partial charge in [0.1, 0.15) is 18.3 Å². The molecule has 1 saturated heterocycles. The zero-order valence-corrected chi connectivity index (χ0v) is 7.95. The number of carbonyl (C=O) groups excluding carboxylic acids is 1. The molecule has 1 aliphatic rings. The Hall–Kier alpha value is -0.690. The summed E-state index contributed by atoms with van der Waals surface area (Å²) in [5.41, 5.74) is 0. The van der Waals surface area contributed by atoms with E-state index in [1.165, 1.54) is 6.92 Å². The van der Waals surface area contributed by atoms with E-state index in [-0.39, 0.29) is 0 Å². The second-order valence-corrected chi connectivity index (χ2v) is 3.29. The van der Waals surface area contributed by atoms with Crippen molar-refractivity contribution in [3.63, 3.8) is 0 Å². The fourth-order valence-corrected chi connectivity index (χ4v) is 1.27. The van der Waals surface area contributed by atoms with Crippen LogP contribution in [0.3, 0.4) is 0 Å². The Morgan fingerprint density at radius 2 is 1.79 bits per heavy atom. The number of esters is 1. The van der Waals surface area contributed by atoms with Gasteiger partial charge in [0.05, 0.1) is 6.10 Å². The molecule has 0 aromatic rings. The molecular formula is C8H14O6. The molecule has 5 atom stereocenters. The predicted molar refractivity (Wildman–Crippen MR) is 44.1 cm³/mol. The van der Waals surface area contributed by atoms with Gasteiger partial charge in [-0.15, -0.1) is 0 Å². The fourth-order valence-electron chi connectivity index (χ4n) is 1.27. The van der Waals surface area contributed by atoms with Gasteiger partial charge in [0.2, 0.25) is 6.29 Å². The molecule has 0 amide bonds. The molecule has 1 unspecified atom stereocenters. The maximum absolute atomic E-state index is 10.6. The summed E-state index contributed by atoms with van der Waals surface area (Å²) in [7, 11) is 0. The van der Waals surface area contributed by atoms with Gasteiger partial charge in [-0.05, 0) is 6.92 Å². The molecule has 0 aliphatic carbocycles. The Morgan fingerprint density at radius 3 is 2.29 bits per heavy atom. The molecule has 1 aliphatic heterocycles. The van der Waals surface area contributed by atoms with Crippen LogP contribution in [0, 0.1) is 0 Å². The Labute approximate surface area is 81.1 Å². The maximum Gasteiger partial charge on any atom is 0.305 e. The summed E-state index contributed by atoms with van der Waals surface area (Å²) in [6, 6.07) is 0. The van der Waals surface area contributed by atoms with Crippen LogP contribution in [0.5, 0.6) is 0 Å². The molecule has 0 spiro atoms. The van der Waals surface area contributed by atoms with Crippen molar-refractivity contribution in [3.8, 4) is 0 Å². The minimum atomic E-state index is -1.43. The summed E-state index contributed by atoms with van der Waals surface area (Å²) in [5, 5.41) is 28.0. The monoisotopic (exact) mass is 206 g/mol. The fraction of sp³-hybridized carbons (Fsp3) is 0.875. The van der Waals surface area contributed by atoms with Crippen LogP contribution in [0.4, 0.5) is 0 Å². The number of rotatable bonds is 1. The zero-order valence-electron chi connectivity index (χ0n) is 7.95. The molecule has 3 N–H and O–H groups in total. The lowest BCUT2D eigenvalue weighted by Crippen LogP contribution is -2.57. The average Bonchev–Trinajstić information content (AvgIpc) is 2.10. The summed E-state index contributed by atoms with van der Waals surface area (Å²) < 4.78 is 9.60. The van der Waals surface area contributed by atoms with Crippen molar-refractivity contribution < 1.29 is 29.6 Å². The SMILES string of the molecule is CC(=O)OC1O[C@H](C)[C@H](O)[C@H](O)[C@@H]1O. The van der Waals surface area contributed by atoms with E-state index in [1.54, 1.807) is 0 Å². The third-order valence-corrected chi connectivity index (χ3v) is 2.09. The molecule has 0 radical (unpaired) electrons. The number of carbonyl (C=O) groups is 1. The lowest BCUT2D eigenvalue weighted by Gasteiger charge is -2.38. The van der Waals surface area contributed by atoms with Crippen molar-refractivity contribution in [1.29, 1.82) is 0 Å². The van der Waals surface area contributed by atoms with E-state index in [1.807, 2.05) is 0 Å². The highest BCUT2D eigenvalue weighted by atomic mass is 16.7. The summed E-state index contributed by atoms with van der Waals surface area (Å²) in [6.45, 7) is 2.68. The van der Waals surface area contributed by atoms with Crippen molar-refractivity contribution in [2.24, 2.45) is 0 Å². The van der Waals surface area contributed by atoms with E-state index < -0.39 is 36.7 Å². The van der Waals surface area contributed by atoms with Crippen molar-refractivity contribution in [1.82, 2.24) is 0 Å². The van der Waals surface area contributed by atoms with Gasteiger partial charge in [-0.1, -0.05) is 0 Å². The molecule has 1 heterocycles. The lowest BCUT2D eigenvalue weighted by atomic mass is 10.0. The Balaban J connectivity index is 2.65. The van der Waals surface area contributed by atoms with E-state index >= 15 is 0 Å². The first-order valence-corrected chi connectivity index (χ1v) is 4.30. The molecule has 0 saturated carbocycles. The zero-order chi connectivity index (χ0) is 10.9. The van der Waals surface area contributed by atoms with Crippen molar-refractivity contribution in [2.45, 2.75) is 44.6 Å². The largest absolute Gasteiger partial charge is 0.433 e. The first kappa shape index (κ1) is 11.4. The molecule has 1 fully saturated rings. The lowest BCUT2D eigenvalue weighted by molar-refractivity contribution is -0.284. The maximum atomic E-state index is 10.6. The number of ether oxygens (including phenoxy) is 2. The molecule has 14 heavy (non-hydrogen) atoms. The Morgan fingerprint density at radius 1 is 1.21 bits per heavy atom. The number of hydrogen-bond acceptors (Lipinski definition) is 6. The van der Waals surface area contributed by atoms with Crippen molar-refractivity contribution in [2.75, 3.05) is 0 Å². The second-order valence-electron chi connectivity index (χ2n) is 3.29. The van der Waals surface area contributed by atoms with Crippen LogP contribution < -0.4 is 0 Å². The van der Waals surface area contributed by atoms with E-state index in [0.717, 1.165) is 6.92 Å². The van der Waals surface area contributed by atoms with Crippen LogP contribution in [0.25, 0.3) is 0 Å². The number of aliphatic hydroxyl groups excluding tert-OH is 3. The van der Waals surface area contributed by atoms with E-state index in [9.17, 15) is 20.1 Å². The van der Waals surface area contributed by atoms with E-state index in [2.05, 4.69) is 4.74 Å². The first-order chi connectivity index (χ1) is 6.43. The van der Waals surface area contributed by atoms with Gasteiger partial charge in [0.15, 0.2) is 0 Å². The van der Waals surface area contributed by atoms with Gasteiger partial charge in [-0.25, -0.2) is 0 Å². The predicted octanol–water partition coefficient (Wildman–Crippen LogP) is -1.62. The molecule has 0 bridgehead atoms. The summed E-state index contributed by atoms with van der Waals surface area (Å²) in [5.74, 6) is -0.621. The molecule has 0 aromatic carbocycles. The highest BCUT2D eigenvalue weighted by molar-refractivity contribution is 5.66. The molecule has 0 aromatic heterocycles. The van der Waals surface area contributed by atoms with Gasteiger partial charge < -0.3 is 24.8 Å². The molecule has 82 valence electrons. The van der Waals surface area contributed by atoms with Crippen LogP contribution in [-0.2, 0) is 14.3 Å². The Kier molecular flexibility index (Phi) is 3.43. The third kappa shape index (κ3) is 2.21. The van der Waals surface area contributed by atoms with Crippen LogP contribution in [0.2, 0.25) is 0 Å². The average molecular weight is 206 g/mol. The molecule has 6 nitrogen and oxygen atoms in total. The standard InChI is InChI=1S/C8H14O6/c1-3-5(10)6(11)7(12)8(13-3)14-4(2)9/h3,5-8,10-12H,1-2H3/t3-,5+,6+,7+,8?/m1/s1. The molecule has 1 rings (SSSR count). The van der Waals surface area contributed by atoms with Crippen molar-refractivity contribution >= 4 is 5.97 Å². The highest BCUT2D eigenvalue weighted by Crippen LogP contribution is 2.21. The van der Waals surface area contributed by atoms with Crippen LogP contribution in [-0.4, -0.2) is 52.0 Å². The summed E-state index contributed by atoms with van der Waals surface area (Å²) >= 11 is 0. The summed E-state index contributed by atoms with van der Waals surface area (Å²) in [4.78, 5) is 10.6. The first-order valence-electron chi connectivity index (χ1n) is 4.30. The van der Waals surface area contributed by atoms with Gasteiger partial charge >= 0.3 is 5.97 Å². The highest BCUT2D eigenvalue weighted by Gasteiger charge is 2.43. The number of aliphatic hydroxyl groups is 3. The summed E-state index contributed by atoms with van der Waals surface area (Å²) in [6.07, 6.45) is -5.90. The van der Waals surface area contributed by atoms with Crippen LogP contribution in [0.15, 0.2) is 0 Å². The van der Waals surface area contributed by atoms with Crippen LogP contribution in [0.1, 0.15) is 13.8 Å². The second kappa shape index (κ2) is 4.22. The molecular weight excluding hydrogens is 192 g/mol. The van der Waals surface area contributed by atoms with Gasteiger partial charge in [0.25, 0.3) is 0 Å². The molecule has 6 heteroatoms. The van der Waals surface area contributed by atoms with E-state index in [0.29, 0.717) is 0 Å². The normalized spacial score (nSPS) is 43.4. The Bertz CT molecular complexity index is 218. The number of hydrogen-bond donors (Lipinski definition) is 3. The minimum Gasteiger partial charge on any atom is -0.433 e. The van der Waals surface area contributed by atoms with Crippen LogP contribution >= 0.6 is 0 Å². The third-order valence-electron chi connectivity index (χ3n) is 2.09. The van der Waals surface area contributed by atoms with Gasteiger partial charge in [0, 0.05) is 6.92 Å².